The van der Waals surface area contributed by atoms with Gasteiger partial charge in [-0.25, -0.2) is 5.84 Å². The molecule has 0 radical (unpaired) electrons. The van der Waals surface area contributed by atoms with Crippen molar-refractivity contribution in [3.8, 4) is 5.75 Å². The third-order valence-electron chi connectivity index (χ3n) is 2.06. The summed E-state index contributed by atoms with van der Waals surface area (Å²) < 4.78 is 6.66. The number of halogens is 1. The van der Waals surface area contributed by atoms with Gasteiger partial charge in [0.1, 0.15) is 5.75 Å². The van der Waals surface area contributed by atoms with Crippen molar-refractivity contribution in [3.05, 3.63) is 27.8 Å². The van der Waals surface area contributed by atoms with Crippen molar-refractivity contribution in [2.24, 2.45) is 5.84 Å². The average molecular weight is 334 g/mol. The third kappa shape index (κ3) is 3.97. The maximum absolute atomic E-state index is 11.4. The molecule has 0 aromatic heterocycles. The molecule has 88 valence electrons. The molecule has 0 aliphatic heterocycles. The molecule has 4 nitrogen and oxygen atoms in total. The molecule has 1 amide bonds. The minimum atomic E-state index is -0.520. The highest BCUT2D eigenvalue weighted by molar-refractivity contribution is 14.1. The Kier molecular flexibility index (Phi) is 5.54. The van der Waals surface area contributed by atoms with E-state index in [1.165, 1.54) is 0 Å². The molecule has 0 bridgehead atoms. The van der Waals surface area contributed by atoms with Gasteiger partial charge in [-0.15, -0.1) is 0 Å². The monoisotopic (exact) mass is 334 g/mol. The minimum absolute atomic E-state index is 0.291. The van der Waals surface area contributed by atoms with E-state index in [2.05, 4.69) is 28.0 Å². The molecule has 1 unspecified atom stereocenters. The quantitative estimate of drug-likeness (QED) is 0.374. The summed E-state index contributed by atoms with van der Waals surface area (Å²) >= 11 is 2.19. The fourth-order valence-electron chi connectivity index (χ4n) is 1.30. The first-order valence-corrected chi connectivity index (χ1v) is 6.18. The molecule has 16 heavy (non-hydrogen) atoms. The van der Waals surface area contributed by atoms with Gasteiger partial charge in [0.2, 0.25) is 0 Å². The van der Waals surface area contributed by atoms with Crippen LogP contribution >= 0.6 is 22.6 Å². The van der Waals surface area contributed by atoms with Gasteiger partial charge in [-0.2, -0.15) is 0 Å². The normalized spacial score (nSPS) is 11.9. The van der Waals surface area contributed by atoms with E-state index in [0.29, 0.717) is 12.2 Å². The summed E-state index contributed by atoms with van der Waals surface area (Å²) in [6.45, 7) is 1.99. The van der Waals surface area contributed by atoms with Gasteiger partial charge in [-0.05, 0) is 47.2 Å². The first-order valence-electron chi connectivity index (χ1n) is 5.10. The summed E-state index contributed by atoms with van der Waals surface area (Å²) in [5.74, 6) is 5.50. The summed E-state index contributed by atoms with van der Waals surface area (Å²) in [5, 5.41) is 0. The molecule has 5 heteroatoms. The molecular weight excluding hydrogens is 319 g/mol. The van der Waals surface area contributed by atoms with E-state index in [-0.39, 0.29) is 5.91 Å². The first kappa shape index (κ1) is 13.2. The third-order valence-corrected chi connectivity index (χ3v) is 2.73. The lowest BCUT2D eigenvalue weighted by Crippen LogP contribution is -2.42. The van der Waals surface area contributed by atoms with E-state index in [1.807, 2.05) is 31.2 Å². The minimum Gasteiger partial charge on any atom is -0.481 e. The number of ether oxygens (including phenoxy) is 1. The molecule has 1 atom stereocenters. The van der Waals surface area contributed by atoms with Crippen LogP contribution in [0, 0.1) is 3.57 Å². The van der Waals surface area contributed by atoms with Crippen LogP contribution in [-0.2, 0) is 4.79 Å². The zero-order valence-electron chi connectivity index (χ0n) is 9.07. The fourth-order valence-corrected chi connectivity index (χ4v) is 1.82. The molecule has 0 aliphatic carbocycles. The Balaban J connectivity index is 2.71. The number of hydrogen-bond donors (Lipinski definition) is 2. The Morgan fingerprint density at radius 2 is 2.38 bits per heavy atom. The van der Waals surface area contributed by atoms with E-state index in [9.17, 15) is 4.79 Å². The van der Waals surface area contributed by atoms with Gasteiger partial charge in [-0.1, -0.05) is 19.4 Å². The summed E-state index contributed by atoms with van der Waals surface area (Å²) in [7, 11) is 0. The lowest BCUT2D eigenvalue weighted by molar-refractivity contribution is -0.128. The van der Waals surface area contributed by atoms with Crippen molar-refractivity contribution >= 4 is 28.5 Å². The predicted octanol–water partition coefficient (Wildman–Crippen LogP) is 1.83. The fraction of sp³-hybridized carbons (Fsp3) is 0.364. The van der Waals surface area contributed by atoms with Crippen molar-refractivity contribution in [1.29, 1.82) is 0 Å². The summed E-state index contributed by atoms with van der Waals surface area (Å²) in [5.41, 5.74) is 2.12. The van der Waals surface area contributed by atoms with Gasteiger partial charge >= 0.3 is 0 Å². The summed E-state index contributed by atoms with van der Waals surface area (Å²) in [4.78, 5) is 11.4. The van der Waals surface area contributed by atoms with E-state index in [4.69, 9.17) is 10.6 Å². The Morgan fingerprint density at radius 3 is 2.94 bits per heavy atom. The predicted molar refractivity (Wildman–Crippen MR) is 70.8 cm³/mol. The van der Waals surface area contributed by atoms with E-state index < -0.39 is 6.10 Å². The van der Waals surface area contributed by atoms with Gasteiger partial charge in [0.05, 0.1) is 0 Å². The maximum Gasteiger partial charge on any atom is 0.274 e. The van der Waals surface area contributed by atoms with E-state index in [1.54, 1.807) is 0 Å². The zero-order valence-corrected chi connectivity index (χ0v) is 11.2. The van der Waals surface area contributed by atoms with Crippen LogP contribution in [0.1, 0.15) is 19.8 Å². The lowest BCUT2D eigenvalue weighted by atomic mass is 10.2. The molecule has 0 spiro atoms. The number of hydrogen-bond acceptors (Lipinski definition) is 3. The van der Waals surface area contributed by atoms with E-state index in [0.717, 1.165) is 9.99 Å². The molecule has 1 rings (SSSR count). The van der Waals surface area contributed by atoms with Crippen molar-refractivity contribution in [2.75, 3.05) is 0 Å². The Hall–Kier alpha value is -0.820. The topological polar surface area (TPSA) is 64.3 Å². The maximum atomic E-state index is 11.4. The number of rotatable bonds is 5. The second-order valence-electron chi connectivity index (χ2n) is 3.36. The highest BCUT2D eigenvalue weighted by Crippen LogP contribution is 2.17. The van der Waals surface area contributed by atoms with Gasteiger partial charge < -0.3 is 4.74 Å². The zero-order chi connectivity index (χ0) is 12.0. The first-order chi connectivity index (χ1) is 7.67. The van der Waals surface area contributed by atoms with Crippen molar-refractivity contribution in [2.45, 2.75) is 25.9 Å². The molecule has 0 aliphatic rings. The number of nitrogens with one attached hydrogen (secondary N) is 1. The van der Waals surface area contributed by atoms with Crippen LogP contribution in [0.3, 0.4) is 0 Å². The number of amides is 1. The standard InChI is InChI=1S/C11H15IN2O2/c1-2-4-10(11(15)14-13)16-9-6-3-5-8(12)7-9/h3,5-7,10H,2,4,13H2,1H3,(H,14,15). The Morgan fingerprint density at radius 1 is 1.62 bits per heavy atom. The van der Waals surface area contributed by atoms with Gasteiger partial charge in [0, 0.05) is 3.57 Å². The number of benzene rings is 1. The molecule has 1 aromatic rings. The van der Waals surface area contributed by atoms with Crippen molar-refractivity contribution in [3.63, 3.8) is 0 Å². The molecule has 3 N–H and O–H groups in total. The van der Waals surface area contributed by atoms with Gasteiger partial charge in [-0.3, -0.25) is 10.2 Å². The van der Waals surface area contributed by atoms with Crippen LogP contribution in [0.5, 0.6) is 5.75 Å². The molecule has 1 aromatic carbocycles. The average Bonchev–Trinajstić information content (AvgIpc) is 2.27. The van der Waals surface area contributed by atoms with E-state index >= 15 is 0 Å². The van der Waals surface area contributed by atoms with Gasteiger partial charge in [0.15, 0.2) is 6.10 Å². The van der Waals surface area contributed by atoms with Crippen LogP contribution in [0.25, 0.3) is 0 Å². The number of nitrogens with two attached hydrogens (primary N) is 1. The van der Waals surface area contributed by atoms with Crippen LogP contribution in [-0.4, -0.2) is 12.0 Å². The van der Waals surface area contributed by atoms with Crippen LogP contribution < -0.4 is 16.0 Å². The highest BCUT2D eigenvalue weighted by Gasteiger charge is 2.18. The Bertz CT molecular complexity index is 358. The second kappa shape index (κ2) is 6.70. The molecule has 0 fully saturated rings. The number of hydrazine groups is 1. The Labute approximate surface area is 109 Å². The molecule has 0 saturated carbocycles. The number of carbonyl (C=O) groups excluding carboxylic acids is 1. The summed E-state index contributed by atoms with van der Waals surface area (Å²) in [6, 6.07) is 7.56. The molecule has 0 saturated heterocycles. The SMILES string of the molecule is CCCC(Oc1cccc(I)c1)C(=O)NN. The number of carbonyl (C=O) groups is 1. The second-order valence-corrected chi connectivity index (χ2v) is 4.61. The highest BCUT2D eigenvalue weighted by atomic mass is 127. The van der Waals surface area contributed by atoms with Crippen LogP contribution in [0.4, 0.5) is 0 Å². The van der Waals surface area contributed by atoms with Crippen molar-refractivity contribution < 1.29 is 9.53 Å². The van der Waals surface area contributed by atoms with Crippen LogP contribution in [0.2, 0.25) is 0 Å². The smallest absolute Gasteiger partial charge is 0.274 e. The van der Waals surface area contributed by atoms with Crippen LogP contribution in [0.15, 0.2) is 24.3 Å². The van der Waals surface area contributed by atoms with Gasteiger partial charge in [0.25, 0.3) is 5.91 Å². The molecular formula is C11H15IN2O2. The lowest BCUT2D eigenvalue weighted by Gasteiger charge is -2.16. The van der Waals surface area contributed by atoms with Crippen molar-refractivity contribution in [1.82, 2.24) is 5.43 Å². The summed E-state index contributed by atoms with van der Waals surface area (Å²) in [6.07, 6.45) is 0.990. The largest absolute Gasteiger partial charge is 0.481 e. The molecule has 0 heterocycles.